The Morgan fingerprint density at radius 1 is 0.370 bits per heavy atom. The van der Waals surface area contributed by atoms with Crippen molar-refractivity contribution >= 4 is 31.8 Å². The van der Waals surface area contributed by atoms with E-state index in [0.29, 0.717) is 32.1 Å². The summed E-state index contributed by atoms with van der Waals surface area (Å²) >= 11 is 0. The van der Waals surface area contributed by atoms with Gasteiger partial charge in [-0.2, -0.15) is 0 Å². The Hall–Kier alpha value is -4.31. The highest BCUT2D eigenvalue weighted by molar-refractivity contribution is 7.50. The molecule has 682 valence electrons. The largest absolute Gasteiger partial charge is 0.467 e. The molecule has 3 aromatic carbocycles. The molecule has 3 aromatic rings. The van der Waals surface area contributed by atoms with Crippen LogP contribution in [-0.4, -0.2) is 119 Å². The molecule has 0 unspecified atom stereocenters. The van der Waals surface area contributed by atoms with Crippen LogP contribution in [0.4, 0.5) is 0 Å². The molecule has 15 nitrogen and oxygen atoms in total. The Balaban J connectivity index is 1.88. The normalized spacial score (nSPS) is 16.5. The molecule has 1 saturated heterocycles. The fourth-order valence-corrected chi connectivity index (χ4v) is 18.6. The van der Waals surface area contributed by atoms with Crippen molar-refractivity contribution in [3.05, 3.63) is 108 Å². The van der Waals surface area contributed by atoms with Gasteiger partial charge in [-0.1, -0.05) is 441 Å². The highest BCUT2D eigenvalue weighted by Gasteiger charge is 2.50. The predicted octanol–water partition coefficient (Wildman–Crippen LogP) is 27.3. The third-order valence-corrected chi connectivity index (χ3v) is 25.8. The first-order valence-electron chi connectivity index (χ1n) is 49.7. The van der Waals surface area contributed by atoms with Gasteiger partial charge < -0.3 is 53.6 Å². The van der Waals surface area contributed by atoms with Crippen LogP contribution in [-0.2, 0) is 75.8 Å². The number of rotatable bonds is 83. The fourth-order valence-electron chi connectivity index (χ4n) is 16.5. The summed E-state index contributed by atoms with van der Waals surface area (Å²) in [5, 5.41) is 10.1. The lowest BCUT2D eigenvalue weighted by atomic mass is 9.93. The number of benzene rings is 3. The van der Waals surface area contributed by atoms with Crippen LogP contribution in [0.15, 0.2) is 91.0 Å². The number of hydrogen-bond donors (Lipinski definition) is 3. The van der Waals surface area contributed by atoms with Gasteiger partial charge in [0.05, 0.1) is 70.5 Å². The van der Waals surface area contributed by atoms with Crippen LogP contribution in [0.1, 0.15) is 424 Å². The number of carbonyl (C=O) groups excluding carboxylic acids is 4. The number of methoxy groups -OCH3 is 1. The second-order valence-electron chi connectivity index (χ2n) is 34.9. The molecule has 4 rings (SSSR count). The number of esters is 1. The molecule has 0 aliphatic carbocycles. The molecule has 0 radical (unpaired) electrons. The van der Waals surface area contributed by atoms with E-state index < -0.39 is 50.7 Å². The Kier molecular flexibility index (Phi) is 68.5. The number of hydrogen-bond acceptors (Lipinski definition) is 12. The minimum Gasteiger partial charge on any atom is -0.467 e. The van der Waals surface area contributed by atoms with E-state index in [2.05, 4.69) is 106 Å². The van der Waals surface area contributed by atoms with Crippen molar-refractivity contribution in [3.63, 3.8) is 0 Å². The van der Waals surface area contributed by atoms with Gasteiger partial charge in [-0.3, -0.25) is 14.4 Å². The topological polar surface area (TPSA) is 178 Å². The molecule has 16 heteroatoms. The summed E-state index contributed by atoms with van der Waals surface area (Å²) in [5.74, 6) is -1.56. The lowest BCUT2D eigenvalue weighted by molar-refractivity contribution is -0.250. The maximum Gasteiger partial charge on any atom is 0.330 e. The second-order valence-corrected chi connectivity index (χ2v) is 36.7. The zero-order valence-electron chi connectivity index (χ0n) is 77.2. The average Bonchev–Trinajstić information content (AvgIpc) is 0.778. The van der Waals surface area contributed by atoms with Crippen LogP contribution in [0.3, 0.4) is 0 Å². The molecule has 9 atom stereocenters. The van der Waals surface area contributed by atoms with Crippen LogP contribution in [0.2, 0.25) is 0 Å². The minimum atomic E-state index is -1.40. The first-order valence-corrected chi connectivity index (χ1v) is 51.4. The van der Waals surface area contributed by atoms with E-state index in [-0.39, 0.29) is 75.1 Å². The van der Waals surface area contributed by atoms with E-state index in [1.54, 1.807) is 0 Å². The highest BCUT2D eigenvalue weighted by Crippen LogP contribution is 2.48. The Morgan fingerprint density at radius 2 is 0.672 bits per heavy atom. The second kappa shape index (κ2) is 76.2. The molecule has 1 aliphatic heterocycles. The maximum atomic E-state index is 15.9. The van der Waals surface area contributed by atoms with Gasteiger partial charge in [-0.15, -0.1) is 0 Å². The van der Waals surface area contributed by atoms with Crippen molar-refractivity contribution in [2.75, 3.05) is 40.1 Å². The third-order valence-electron chi connectivity index (χ3n) is 23.9. The first kappa shape index (κ1) is 107. The van der Waals surface area contributed by atoms with Gasteiger partial charge in [0.25, 0.3) is 0 Å². The van der Waals surface area contributed by atoms with Crippen molar-refractivity contribution in [3.8, 4) is 0 Å². The summed E-state index contributed by atoms with van der Waals surface area (Å²) in [7, 11) is -0.0756. The summed E-state index contributed by atoms with van der Waals surface area (Å²) in [6.07, 6.45) is 59.6. The van der Waals surface area contributed by atoms with Gasteiger partial charge in [0, 0.05) is 40.3 Å². The van der Waals surface area contributed by atoms with E-state index in [0.717, 1.165) is 145 Å². The monoisotopic (exact) mass is 1680 g/mol. The van der Waals surface area contributed by atoms with Gasteiger partial charge >= 0.3 is 5.97 Å². The molecular weight excluding hydrogens is 1500 g/mol. The zero-order valence-corrected chi connectivity index (χ0v) is 78.1. The number of unbranched alkanes of at least 4 members (excludes halogenated alkanes) is 45. The summed E-state index contributed by atoms with van der Waals surface area (Å²) in [4.78, 5) is 60.8. The van der Waals surface area contributed by atoms with Crippen LogP contribution < -0.4 is 16.0 Å². The highest BCUT2D eigenvalue weighted by atomic mass is 31.1. The molecular formula is C103H178N3O12P. The molecule has 0 aromatic heterocycles. The van der Waals surface area contributed by atoms with E-state index >= 15 is 9.59 Å². The van der Waals surface area contributed by atoms with Crippen LogP contribution in [0.5, 0.6) is 0 Å². The Bertz CT molecular complexity index is 2680. The molecule has 0 bridgehead atoms. The van der Waals surface area contributed by atoms with Gasteiger partial charge in [0.15, 0.2) is 12.3 Å². The molecule has 1 aliphatic rings. The molecule has 3 N–H and O–H groups in total. The number of carbonyl (C=O) groups is 4. The third kappa shape index (κ3) is 56.3. The van der Waals surface area contributed by atoms with Crippen molar-refractivity contribution in [1.29, 1.82) is 0 Å². The Morgan fingerprint density at radius 3 is 1.01 bits per heavy atom. The van der Waals surface area contributed by atoms with Crippen LogP contribution >= 0.6 is 8.15 Å². The van der Waals surface area contributed by atoms with Gasteiger partial charge in [-0.05, 0) is 55.2 Å². The molecule has 1 fully saturated rings. The molecule has 0 spiro atoms. The Labute approximate surface area is 729 Å². The maximum absolute atomic E-state index is 15.9. The van der Waals surface area contributed by atoms with E-state index in [1.165, 1.54) is 225 Å². The summed E-state index contributed by atoms with van der Waals surface area (Å²) in [5.41, 5.74) is 3.18. The van der Waals surface area contributed by atoms with Crippen LogP contribution in [0, 0.1) is 0 Å². The molecule has 119 heavy (non-hydrogen) atoms. The van der Waals surface area contributed by atoms with Crippen molar-refractivity contribution in [2.24, 2.45) is 0 Å². The molecule has 1 heterocycles. The summed E-state index contributed by atoms with van der Waals surface area (Å²) < 4.78 is 55.0. The first-order chi connectivity index (χ1) is 58.5. The van der Waals surface area contributed by atoms with Crippen molar-refractivity contribution in [2.45, 2.75) is 481 Å². The zero-order chi connectivity index (χ0) is 85.2. The number of amides is 3. The van der Waals surface area contributed by atoms with Crippen molar-refractivity contribution < 1.29 is 56.9 Å². The lowest BCUT2D eigenvalue weighted by Gasteiger charge is -2.48. The van der Waals surface area contributed by atoms with E-state index in [1.807, 2.05) is 42.5 Å². The molecule has 3 amide bonds. The number of ether oxygens (including phenoxy) is 7. The van der Waals surface area contributed by atoms with Crippen LogP contribution in [0.25, 0.3) is 0 Å². The summed E-state index contributed by atoms with van der Waals surface area (Å²) in [6, 6.07) is 27.5. The standard InChI is InChI=1S/C103H178N3O12P/c1-8-14-20-26-32-38-41-47-62-74-91(113-77-65-50-44-35-29-23-17-11-4)80-96(107)104-94(102(110)111-7)84-116-103-100(106-98(109)82-93(76-64-49-43-40-34-28-22-16-10-3)115-79-67-52-46-37-31-25-19-13-6)99(105-97(108)81-92(75-63-48-42-39-33-27-21-15-9-2)114-78-66-51-45-36-30-24-18-12-5)101(95(117-103)85-112-83-88-68-56-53-57-69-88)118-119(86-89-70-58-54-59-71-89)87-90-72-60-55-61-73-90/h53-61,68-73,91-95,99-101,103H,8-52,62-67,74-87H2,1-7H3,(H,104,107)(H,105,108)(H,106,109)/t91-,92-,93-,94+,95-,99+,100-,101-,103-/m1/s1. The van der Waals surface area contributed by atoms with Gasteiger partial charge in [-0.25, -0.2) is 4.79 Å². The van der Waals surface area contributed by atoms with Crippen molar-refractivity contribution in [1.82, 2.24) is 16.0 Å². The van der Waals surface area contributed by atoms with E-state index in [9.17, 15) is 9.59 Å². The van der Waals surface area contributed by atoms with E-state index in [4.69, 9.17) is 37.7 Å². The predicted molar refractivity (Wildman–Crippen MR) is 497 cm³/mol. The minimum absolute atomic E-state index is 0.0130. The molecule has 0 saturated carbocycles. The summed E-state index contributed by atoms with van der Waals surface area (Å²) in [6.45, 7) is 15.1. The quantitative estimate of drug-likeness (QED) is 0.0277. The fraction of sp³-hybridized carbons (Fsp3) is 0.786. The lowest BCUT2D eigenvalue weighted by Crippen LogP contribution is -2.70. The SMILES string of the molecule is CCCCCCCCCCC[C@H](CC(=O)N[C@H]1[C@H](OC[C@H](NC(=O)C[C@@H](CCCCCCCCCCC)OCCCCCCCCCC)C(=O)OC)O[C@H](COCc2ccccc2)[C@@H](OP(Cc2ccccc2)Cc2ccccc2)[C@H]1NC(=O)C[C@@H](CCCCCCCCCCC)OCCCCCCCCCC)OCCCCCCCCCC. The average molecular weight is 1680 g/mol. The van der Waals surface area contributed by atoms with Gasteiger partial charge in [0.2, 0.25) is 17.7 Å². The smallest absolute Gasteiger partial charge is 0.330 e. The van der Waals surface area contributed by atoms with Gasteiger partial charge in [0.1, 0.15) is 18.2 Å². The number of nitrogens with one attached hydrogen (secondary N) is 3.